The minimum absolute atomic E-state index is 0. The van der Waals surface area contributed by atoms with E-state index in [2.05, 4.69) is 59.6 Å². The van der Waals surface area contributed by atoms with Crippen LogP contribution in [0.1, 0.15) is 48.4 Å². The van der Waals surface area contributed by atoms with Crippen LogP contribution in [0.5, 0.6) is 0 Å². The van der Waals surface area contributed by atoms with E-state index in [4.69, 9.17) is 30.0 Å². The maximum atomic E-state index is 8.65. The molecule has 5 heteroatoms. The molecule has 3 aromatic heterocycles. The van der Waals surface area contributed by atoms with E-state index in [9.17, 15) is 0 Å². The Morgan fingerprint density at radius 3 is 1.76 bits per heavy atom. The number of nitrogens with zero attached hydrogens (tertiary/aromatic N) is 3. The first-order valence-electron chi connectivity index (χ1n) is 29.8. The van der Waals surface area contributed by atoms with Crippen molar-refractivity contribution in [2.75, 3.05) is 0 Å². The zero-order valence-corrected chi connectivity index (χ0v) is 39.5. The third kappa shape index (κ3) is 7.59. The zero-order chi connectivity index (χ0) is 59.3. The second-order valence-corrected chi connectivity index (χ2v) is 16.8. The summed E-state index contributed by atoms with van der Waals surface area (Å²) >= 11 is 0. The van der Waals surface area contributed by atoms with E-state index in [0.717, 1.165) is 61.5 Å². The zero-order valence-electron chi connectivity index (χ0n) is 52.1. The van der Waals surface area contributed by atoms with Crippen molar-refractivity contribution in [1.82, 2.24) is 14.5 Å². The Bertz CT molecular complexity index is 4520. The largest absolute Gasteiger partial charge is 0.501 e. The molecule has 0 saturated carbocycles. The van der Waals surface area contributed by atoms with Crippen LogP contribution < -0.4 is 0 Å². The summed E-state index contributed by atoms with van der Waals surface area (Å²) in [6.45, 7) is -13.0. The number of para-hydroxylation sites is 2. The molecule has 1 aliphatic rings. The van der Waals surface area contributed by atoms with Gasteiger partial charge in [-0.2, -0.15) is 0 Å². The fraction of sp³-hybridized carbons (Fsp3) is 0.0769. The molecule has 0 amide bonds. The van der Waals surface area contributed by atoms with Gasteiger partial charge >= 0.3 is 0 Å². The Kier molecular flexibility index (Phi) is 7.92. The van der Waals surface area contributed by atoms with E-state index < -0.39 is 34.3 Å². The number of pyridine rings is 1. The summed E-state index contributed by atoms with van der Waals surface area (Å²) in [5, 5.41) is 1.75. The van der Waals surface area contributed by atoms with E-state index >= 15 is 0 Å². The van der Waals surface area contributed by atoms with Crippen LogP contribution >= 0.6 is 0 Å². The molecule has 9 aromatic carbocycles. The van der Waals surface area contributed by atoms with Crippen LogP contribution in [0, 0.1) is 46.4 Å². The average Bonchev–Trinajstić information content (AvgIpc) is 1.80. The molecular weight excluding hydrogens is 1030 g/mol. The molecule has 0 bridgehead atoms. The van der Waals surface area contributed by atoms with Gasteiger partial charge in [0, 0.05) is 57.9 Å². The van der Waals surface area contributed by atoms with Crippen molar-refractivity contribution >= 4 is 33.0 Å². The van der Waals surface area contributed by atoms with E-state index in [-0.39, 0.29) is 59.3 Å². The summed E-state index contributed by atoms with van der Waals surface area (Å²) in [6.07, 6.45) is 1.04. The normalized spacial score (nSPS) is 15.5. The predicted octanol–water partition coefficient (Wildman–Crippen LogP) is 17.1. The molecule has 4 nitrogen and oxygen atoms in total. The quantitative estimate of drug-likeness (QED) is 0.165. The fourth-order valence-corrected chi connectivity index (χ4v) is 9.56. The SMILES string of the molecule is [2H]C([2H])([2H])c1c[c-]c(-c2cc(C([2H])([2H])[2H])c(C([2H])([2H])[2H])cn2)cc1-c1ccccc1.[2H]C([2H])([2H])c1cccc(C([2H])([2H])[2H])c1-n1c(-c2[c-]ccc3c2oc2ccccc23)nc2cc3c(cc21)-c1ccccc1-c1ccccc1-c1ccccc1-3.[Ir]. The van der Waals surface area contributed by atoms with Crippen molar-refractivity contribution in [2.45, 2.75) is 34.3 Å². The number of hydrogen-bond acceptors (Lipinski definition) is 3. The number of furan rings is 1. The van der Waals surface area contributed by atoms with Crippen molar-refractivity contribution < 1.29 is 45.1 Å². The molecule has 0 aliphatic heterocycles. The van der Waals surface area contributed by atoms with Crippen molar-refractivity contribution in [3.05, 3.63) is 234 Å². The molecule has 70 heavy (non-hydrogen) atoms. The Hall–Kier alpha value is -7.95. The summed E-state index contributed by atoms with van der Waals surface area (Å²) in [6, 6.07) is 64.2. The molecule has 0 saturated heterocycles. The van der Waals surface area contributed by atoms with E-state index in [1.54, 1.807) is 41.0 Å². The molecule has 0 fully saturated rings. The molecule has 13 rings (SSSR count). The molecule has 0 spiro atoms. The molecule has 3 heterocycles. The van der Waals surface area contributed by atoms with Crippen LogP contribution in [-0.4, -0.2) is 14.5 Å². The minimum atomic E-state index is -2.65. The molecule has 339 valence electrons. The Morgan fingerprint density at radius 1 is 0.500 bits per heavy atom. The molecule has 12 aromatic rings. The number of fused-ring (bicyclic) bond motifs is 12. The summed E-state index contributed by atoms with van der Waals surface area (Å²) in [4.78, 5) is 9.40. The monoisotopic (exact) mass is 1090 g/mol. The van der Waals surface area contributed by atoms with Crippen LogP contribution in [0.3, 0.4) is 0 Å². The Balaban J connectivity index is 0.000000207. The maximum Gasteiger partial charge on any atom is 0.120 e. The number of rotatable bonds is 4. The predicted molar refractivity (Wildman–Crippen MR) is 286 cm³/mol. The molecule has 1 aliphatic carbocycles. The van der Waals surface area contributed by atoms with Gasteiger partial charge in [-0.1, -0.05) is 175 Å². The Morgan fingerprint density at radius 2 is 1.10 bits per heavy atom. The molecule has 1 radical (unpaired) electrons. The first kappa shape index (κ1) is 30.5. The summed E-state index contributed by atoms with van der Waals surface area (Å²) in [7, 11) is 0. The van der Waals surface area contributed by atoms with Crippen LogP contribution in [0.25, 0.3) is 117 Å². The minimum Gasteiger partial charge on any atom is -0.501 e. The Labute approximate surface area is 443 Å². The molecule has 0 unspecified atom stereocenters. The van der Waals surface area contributed by atoms with Gasteiger partial charge in [0.2, 0.25) is 0 Å². The topological polar surface area (TPSA) is 43.9 Å². The van der Waals surface area contributed by atoms with Crippen LogP contribution in [0.2, 0.25) is 0 Å². The molecule has 0 atom stereocenters. The standard InChI is InChI=1S/C45H29N2O.C20H18N.Ir/c1-27-13-11-14-28(2)43(27)47-41-26-39-34-20-8-6-18-32(34)30-16-4-3-15-29(30)31-17-5-7-19-33(31)38(39)25-40(41)46-45(47)37-23-12-22-36-35-21-9-10-24-42(35)48-44(36)37;1-14-9-10-18(20-11-15(2)16(3)13-21-20)12-19(14)17-7-5-4-6-8-17;/h3-22,24-26H,1-2H3;4-9,11-13H,1-3H3;/q2*-1;/i1D3,2D3;1D3,2D3,3D3;. The average molecular weight is 1090 g/mol. The van der Waals surface area contributed by atoms with Crippen molar-refractivity contribution in [3.63, 3.8) is 0 Å². The van der Waals surface area contributed by atoms with E-state index in [1.165, 1.54) is 30.3 Å². The van der Waals surface area contributed by atoms with Gasteiger partial charge in [0.25, 0.3) is 0 Å². The van der Waals surface area contributed by atoms with Crippen molar-refractivity contribution in [3.8, 4) is 84.0 Å². The van der Waals surface area contributed by atoms with Crippen LogP contribution in [-0.2, 0) is 20.1 Å². The first-order valence-corrected chi connectivity index (χ1v) is 22.3. The summed E-state index contributed by atoms with van der Waals surface area (Å²) < 4.78 is 129. The van der Waals surface area contributed by atoms with Gasteiger partial charge in [0.15, 0.2) is 0 Å². The number of imidazole rings is 1. The number of benzene rings is 9. The first-order chi connectivity index (χ1) is 39.9. The summed E-state index contributed by atoms with van der Waals surface area (Å²) in [5.74, 6) is 0.319. The van der Waals surface area contributed by atoms with Gasteiger partial charge in [-0.3, -0.25) is 4.98 Å². The van der Waals surface area contributed by atoms with Crippen molar-refractivity contribution in [1.29, 1.82) is 0 Å². The van der Waals surface area contributed by atoms with Gasteiger partial charge in [0.1, 0.15) is 5.58 Å². The van der Waals surface area contributed by atoms with Gasteiger partial charge in [-0.05, 0) is 118 Å². The number of aryl methyl sites for hydroxylation is 5. The van der Waals surface area contributed by atoms with Gasteiger partial charge < -0.3 is 14.0 Å². The van der Waals surface area contributed by atoms with Crippen molar-refractivity contribution in [2.24, 2.45) is 0 Å². The molecular formula is C65H47IrN3O-2. The summed E-state index contributed by atoms with van der Waals surface area (Å²) in [5.41, 5.74) is 11.9. The maximum absolute atomic E-state index is 8.65. The van der Waals surface area contributed by atoms with Crippen LogP contribution in [0.15, 0.2) is 199 Å². The molecule has 0 N–H and O–H groups in total. The van der Waals surface area contributed by atoms with Gasteiger partial charge in [-0.25, -0.2) is 0 Å². The van der Waals surface area contributed by atoms with E-state index in [1.807, 2.05) is 78.9 Å². The van der Waals surface area contributed by atoms with Gasteiger partial charge in [-0.15, -0.1) is 47.5 Å². The third-order valence-electron chi connectivity index (χ3n) is 12.8. The third-order valence-corrected chi connectivity index (χ3v) is 12.8. The number of hydrogen-bond donors (Lipinski definition) is 0. The van der Waals surface area contributed by atoms with E-state index in [0.29, 0.717) is 50.3 Å². The number of aromatic nitrogens is 3. The van der Waals surface area contributed by atoms with Gasteiger partial charge in [0.05, 0.1) is 22.4 Å². The smallest absolute Gasteiger partial charge is 0.120 e. The second-order valence-electron chi connectivity index (χ2n) is 16.8. The van der Waals surface area contributed by atoms with Crippen LogP contribution in [0.4, 0.5) is 0 Å². The fourth-order valence-electron chi connectivity index (χ4n) is 9.56. The second kappa shape index (κ2) is 18.2.